The van der Waals surface area contributed by atoms with Gasteiger partial charge in [0.15, 0.2) is 0 Å². The van der Waals surface area contributed by atoms with E-state index in [1.807, 2.05) is 30.3 Å². The molecule has 2 aromatic rings. The summed E-state index contributed by atoms with van der Waals surface area (Å²) in [7, 11) is 0. The highest BCUT2D eigenvalue weighted by Gasteiger charge is 2.18. The van der Waals surface area contributed by atoms with Crippen molar-refractivity contribution in [1.82, 2.24) is 5.32 Å². The van der Waals surface area contributed by atoms with Crippen molar-refractivity contribution < 1.29 is 18.3 Å². The highest BCUT2D eigenvalue weighted by molar-refractivity contribution is 5.77. The van der Waals surface area contributed by atoms with Gasteiger partial charge in [-0.1, -0.05) is 18.2 Å². The lowest BCUT2D eigenvalue weighted by atomic mass is 10.2. The number of furan rings is 1. The first-order valence-electron chi connectivity index (χ1n) is 5.76. The molecule has 1 aromatic carbocycles. The van der Waals surface area contributed by atoms with Crippen molar-refractivity contribution in [3.8, 4) is 0 Å². The van der Waals surface area contributed by atoms with Crippen molar-refractivity contribution in [1.29, 1.82) is 0 Å². The number of aliphatic hydroxyl groups excluding tert-OH is 1. The van der Waals surface area contributed by atoms with E-state index in [9.17, 15) is 8.78 Å². The molecule has 2 unspecified atom stereocenters. The molecule has 0 radical (unpaired) electrons. The first-order chi connectivity index (χ1) is 8.58. The smallest absolute Gasteiger partial charge is 0.265 e. The number of fused-ring (bicyclic) bond motifs is 1. The van der Waals surface area contributed by atoms with Crippen LogP contribution in [0.2, 0.25) is 0 Å². The third-order valence-electron chi connectivity index (χ3n) is 2.80. The summed E-state index contributed by atoms with van der Waals surface area (Å²) in [6.07, 6.45) is -4.39. The number of para-hydroxylation sites is 1. The van der Waals surface area contributed by atoms with Crippen LogP contribution in [-0.2, 0) is 0 Å². The van der Waals surface area contributed by atoms with Crippen LogP contribution in [0, 0.1) is 0 Å². The molecule has 0 spiro atoms. The van der Waals surface area contributed by atoms with Gasteiger partial charge in [0.25, 0.3) is 6.43 Å². The van der Waals surface area contributed by atoms with Crippen LogP contribution in [0.5, 0.6) is 0 Å². The number of rotatable bonds is 5. The molecule has 0 fully saturated rings. The summed E-state index contributed by atoms with van der Waals surface area (Å²) in [4.78, 5) is 0. The minimum Gasteiger partial charge on any atom is -0.459 e. The molecule has 98 valence electrons. The van der Waals surface area contributed by atoms with Crippen LogP contribution in [0.15, 0.2) is 34.7 Å². The molecule has 0 aliphatic heterocycles. The van der Waals surface area contributed by atoms with Crippen molar-refractivity contribution in [2.45, 2.75) is 25.5 Å². The lowest BCUT2D eigenvalue weighted by molar-refractivity contribution is -0.00465. The molecule has 0 aliphatic rings. The molecule has 0 aliphatic carbocycles. The molecule has 1 heterocycles. The summed E-state index contributed by atoms with van der Waals surface area (Å²) in [5, 5.41) is 12.8. The average Bonchev–Trinajstić information content (AvgIpc) is 2.79. The number of hydrogen-bond donors (Lipinski definition) is 2. The second-order valence-corrected chi connectivity index (χ2v) is 4.22. The number of halogens is 2. The lowest BCUT2D eigenvalue weighted by Crippen LogP contribution is -2.33. The van der Waals surface area contributed by atoms with E-state index >= 15 is 0 Å². The van der Waals surface area contributed by atoms with Crippen molar-refractivity contribution in [2.75, 3.05) is 6.54 Å². The lowest BCUT2D eigenvalue weighted by Gasteiger charge is -2.14. The molecule has 3 nitrogen and oxygen atoms in total. The van der Waals surface area contributed by atoms with Gasteiger partial charge in [-0.05, 0) is 19.1 Å². The SMILES string of the molecule is CC(NCC(O)C(F)F)c1cc2ccccc2o1. The minimum absolute atomic E-state index is 0.171. The molecule has 2 atom stereocenters. The zero-order chi connectivity index (χ0) is 13.1. The van der Waals surface area contributed by atoms with Crippen molar-refractivity contribution in [3.05, 3.63) is 36.1 Å². The quantitative estimate of drug-likeness (QED) is 0.863. The van der Waals surface area contributed by atoms with Gasteiger partial charge in [0.05, 0.1) is 6.04 Å². The van der Waals surface area contributed by atoms with Gasteiger partial charge in [-0.3, -0.25) is 0 Å². The van der Waals surface area contributed by atoms with Gasteiger partial charge < -0.3 is 14.8 Å². The predicted octanol–water partition coefficient (Wildman–Crippen LogP) is 2.71. The average molecular weight is 255 g/mol. The van der Waals surface area contributed by atoms with E-state index < -0.39 is 12.5 Å². The number of nitrogens with one attached hydrogen (secondary N) is 1. The Morgan fingerprint density at radius 1 is 1.33 bits per heavy atom. The Balaban J connectivity index is 2.02. The van der Waals surface area contributed by atoms with E-state index in [1.165, 1.54) is 0 Å². The minimum atomic E-state index is -2.74. The van der Waals surface area contributed by atoms with Gasteiger partial charge in [0.1, 0.15) is 17.4 Å². The topological polar surface area (TPSA) is 45.4 Å². The molecule has 0 bridgehead atoms. The third-order valence-corrected chi connectivity index (χ3v) is 2.80. The summed E-state index contributed by atoms with van der Waals surface area (Å²) < 4.78 is 29.9. The van der Waals surface area contributed by atoms with Gasteiger partial charge in [0.2, 0.25) is 0 Å². The molecule has 0 saturated carbocycles. The Morgan fingerprint density at radius 3 is 2.72 bits per heavy atom. The fourth-order valence-corrected chi connectivity index (χ4v) is 1.70. The molecule has 18 heavy (non-hydrogen) atoms. The summed E-state index contributed by atoms with van der Waals surface area (Å²) in [5.74, 6) is 0.665. The zero-order valence-corrected chi connectivity index (χ0v) is 9.94. The van der Waals surface area contributed by atoms with Crippen LogP contribution in [-0.4, -0.2) is 24.2 Å². The van der Waals surface area contributed by atoms with Gasteiger partial charge in [-0.2, -0.15) is 0 Å². The van der Waals surface area contributed by atoms with Crippen LogP contribution < -0.4 is 5.32 Å². The maximum atomic E-state index is 12.1. The number of aliphatic hydroxyl groups is 1. The van der Waals surface area contributed by atoms with Crippen LogP contribution in [0.1, 0.15) is 18.7 Å². The van der Waals surface area contributed by atoms with E-state index in [1.54, 1.807) is 6.92 Å². The summed E-state index contributed by atoms with van der Waals surface area (Å²) >= 11 is 0. The van der Waals surface area contributed by atoms with Gasteiger partial charge in [-0.25, -0.2) is 8.78 Å². The van der Waals surface area contributed by atoms with Crippen molar-refractivity contribution >= 4 is 11.0 Å². The van der Waals surface area contributed by atoms with Gasteiger partial charge in [0, 0.05) is 11.9 Å². The maximum absolute atomic E-state index is 12.1. The molecule has 1 aromatic heterocycles. The molecule has 2 rings (SSSR count). The number of hydrogen-bond acceptors (Lipinski definition) is 3. The highest BCUT2D eigenvalue weighted by atomic mass is 19.3. The highest BCUT2D eigenvalue weighted by Crippen LogP contribution is 2.23. The summed E-state index contributed by atoms with van der Waals surface area (Å²) in [5.41, 5.74) is 0.760. The third kappa shape index (κ3) is 2.86. The summed E-state index contributed by atoms with van der Waals surface area (Å²) in [6, 6.07) is 9.17. The van der Waals surface area contributed by atoms with E-state index in [0.717, 1.165) is 11.0 Å². The zero-order valence-electron chi connectivity index (χ0n) is 9.94. The molecule has 2 N–H and O–H groups in total. The molecule has 0 amide bonds. The Kier molecular flexibility index (Phi) is 3.93. The van der Waals surface area contributed by atoms with Crippen molar-refractivity contribution in [2.24, 2.45) is 0 Å². The summed E-state index contributed by atoms with van der Waals surface area (Å²) in [6.45, 7) is 1.63. The van der Waals surface area contributed by atoms with E-state index in [0.29, 0.717) is 5.76 Å². The first kappa shape index (κ1) is 13.0. The fourth-order valence-electron chi connectivity index (χ4n) is 1.70. The first-order valence-corrected chi connectivity index (χ1v) is 5.76. The Hall–Kier alpha value is -1.46. The predicted molar refractivity (Wildman–Crippen MR) is 64.6 cm³/mol. The largest absolute Gasteiger partial charge is 0.459 e. The van der Waals surface area contributed by atoms with E-state index in [-0.39, 0.29) is 12.6 Å². The molecular formula is C13H15F2NO2. The van der Waals surface area contributed by atoms with Crippen LogP contribution in [0.4, 0.5) is 8.78 Å². The van der Waals surface area contributed by atoms with E-state index in [4.69, 9.17) is 9.52 Å². The monoisotopic (exact) mass is 255 g/mol. The van der Waals surface area contributed by atoms with Crippen molar-refractivity contribution in [3.63, 3.8) is 0 Å². The Labute approximate surface area is 103 Å². The number of alkyl halides is 2. The molecule has 5 heteroatoms. The van der Waals surface area contributed by atoms with Crippen LogP contribution in [0.25, 0.3) is 11.0 Å². The number of benzene rings is 1. The Bertz CT molecular complexity index is 479. The normalized spacial score (nSPS) is 15.2. The Morgan fingerprint density at radius 2 is 2.06 bits per heavy atom. The standard InChI is InChI=1S/C13H15F2NO2/c1-8(16-7-10(17)13(14)15)12-6-9-4-2-3-5-11(9)18-12/h2-6,8,10,13,16-17H,7H2,1H3. The molecular weight excluding hydrogens is 240 g/mol. The van der Waals surface area contributed by atoms with Gasteiger partial charge in [-0.15, -0.1) is 0 Å². The second kappa shape index (κ2) is 5.46. The molecule has 0 saturated heterocycles. The van der Waals surface area contributed by atoms with Crippen LogP contribution in [0.3, 0.4) is 0 Å². The second-order valence-electron chi connectivity index (χ2n) is 4.22. The van der Waals surface area contributed by atoms with Gasteiger partial charge >= 0.3 is 0 Å². The maximum Gasteiger partial charge on any atom is 0.265 e. The van der Waals surface area contributed by atoms with E-state index in [2.05, 4.69) is 5.32 Å². The van der Waals surface area contributed by atoms with Crippen LogP contribution >= 0.6 is 0 Å². The fraction of sp³-hybridized carbons (Fsp3) is 0.385.